The van der Waals surface area contributed by atoms with Gasteiger partial charge in [-0.15, -0.1) is 0 Å². The summed E-state index contributed by atoms with van der Waals surface area (Å²) in [6, 6.07) is 8.68. The van der Waals surface area contributed by atoms with Crippen molar-refractivity contribution in [2.45, 2.75) is 33.2 Å². The second-order valence-corrected chi connectivity index (χ2v) is 6.09. The molecule has 1 saturated carbocycles. The van der Waals surface area contributed by atoms with Crippen LogP contribution < -0.4 is 5.32 Å². The highest BCUT2D eigenvalue weighted by atomic mass is 15.0. The first kappa shape index (κ1) is 12.7. The van der Waals surface area contributed by atoms with E-state index in [0.29, 0.717) is 0 Å². The first-order chi connectivity index (χ1) is 9.18. The maximum atomic E-state index is 3.64. The molecule has 1 fully saturated rings. The quantitative estimate of drug-likeness (QED) is 0.864. The lowest BCUT2D eigenvalue weighted by Crippen LogP contribution is -2.23. The van der Waals surface area contributed by atoms with E-state index >= 15 is 0 Å². The molecule has 2 aromatic rings. The average Bonchev–Trinajstić information content (AvgIpc) is 3.23. The molecule has 1 aliphatic rings. The Morgan fingerprint density at radius 1 is 1.32 bits per heavy atom. The predicted octanol–water partition coefficient (Wildman–Crippen LogP) is 3.62. The number of para-hydroxylation sites is 1. The topological polar surface area (TPSA) is 17.0 Å². The molecule has 2 nitrogen and oxygen atoms in total. The molecule has 1 aromatic carbocycles. The number of aromatic nitrogens is 1. The van der Waals surface area contributed by atoms with Crippen LogP contribution in [0.5, 0.6) is 0 Å². The highest BCUT2D eigenvalue weighted by Crippen LogP contribution is 2.36. The Morgan fingerprint density at radius 3 is 2.74 bits per heavy atom. The van der Waals surface area contributed by atoms with Gasteiger partial charge in [0.2, 0.25) is 0 Å². The number of nitrogens with one attached hydrogen (secondary N) is 1. The van der Waals surface area contributed by atoms with E-state index in [2.05, 4.69) is 55.0 Å². The lowest BCUT2D eigenvalue weighted by Gasteiger charge is -2.12. The maximum absolute atomic E-state index is 3.64. The molecule has 102 valence electrons. The molecule has 1 aliphatic carbocycles. The van der Waals surface area contributed by atoms with Crippen molar-refractivity contribution in [1.29, 1.82) is 0 Å². The molecule has 1 aromatic heterocycles. The van der Waals surface area contributed by atoms with E-state index in [1.807, 2.05) is 0 Å². The molecule has 2 heteroatoms. The molecular weight excluding hydrogens is 232 g/mol. The van der Waals surface area contributed by atoms with Crippen LogP contribution in [0.4, 0.5) is 0 Å². The first-order valence-electron chi connectivity index (χ1n) is 7.42. The third-order valence-electron chi connectivity index (χ3n) is 4.69. The minimum Gasteiger partial charge on any atom is -0.346 e. The Balaban J connectivity index is 1.73. The van der Waals surface area contributed by atoms with Crippen LogP contribution in [-0.4, -0.2) is 11.1 Å². The van der Waals surface area contributed by atoms with Gasteiger partial charge in [0.15, 0.2) is 0 Å². The largest absolute Gasteiger partial charge is 0.346 e. The Morgan fingerprint density at radius 2 is 2.05 bits per heavy atom. The summed E-state index contributed by atoms with van der Waals surface area (Å²) in [7, 11) is 2.18. The van der Waals surface area contributed by atoms with Crippen molar-refractivity contribution in [2.75, 3.05) is 6.54 Å². The standard InChI is InChI=1S/C17H24N2/c1-12(14-8-9-14)10-18-11-17-13(2)15-6-4-5-7-16(15)19(17)3/h4-7,12,14,18H,8-11H2,1-3H3. The zero-order chi connectivity index (χ0) is 13.4. The van der Waals surface area contributed by atoms with Gasteiger partial charge >= 0.3 is 0 Å². The van der Waals surface area contributed by atoms with E-state index in [1.54, 1.807) is 0 Å². The van der Waals surface area contributed by atoms with Crippen molar-refractivity contribution in [3.8, 4) is 0 Å². The summed E-state index contributed by atoms with van der Waals surface area (Å²) in [5, 5.41) is 5.03. The fourth-order valence-corrected chi connectivity index (χ4v) is 3.14. The van der Waals surface area contributed by atoms with E-state index in [9.17, 15) is 0 Å². The Bertz CT molecular complexity index is 539. The van der Waals surface area contributed by atoms with Crippen molar-refractivity contribution in [3.63, 3.8) is 0 Å². The average molecular weight is 256 g/mol. The van der Waals surface area contributed by atoms with Gasteiger partial charge < -0.3 is 9.88 Å². The molecule has 1 atom stereocenters. The van der Waals surface area contributed by atoms with E-state index < -0.39 is 0 Å². The number of aryl methyl sites for hydroxylation is 2. The lowest BCUT2D eigenvalue weighted by atomic mass is 10.1. The van der Waals surface area contributed by atoms with E-state index in [1.165, 1.54) is 35.0 Å². The smallest absolute Gasteiger partial charge is 0.0483 e. The molecule has 1 unspecified atom stereocenters. The number of hydrogen-bond donors (Lipinski definition) is 1. The number of hydrogen-bond acceptors (Lipinski definition) is 1. The summed E-state index contributed by atoms with van der Waals surface area (Å²) in [4.78, 5) is 0. The summed E-state index contributed by atoms with van der Waals surface area (Å²) in [5.41, 5.74) is 4.18. The second kappa shape index (κ2) is 5.01. The van der Waals surface area contributed by atoms with Crippen LogP contribution >= 0.6 is 0 Å². The van der Waals surface area contributed by atoms with Crippen molar-refractivity contribution in [1.82, 2.24) is 9.88 Å². The summed E-state index contributed by atoms with van der Waals surface area (Å²) in [6.07, 6.45) is 2.88. The van der Waals surface area contributed by atoms with Crippen LogP contribution in [-0.2, 0) is 13.6 Å². The third kappa shape index (κ3) is 2.42. The fraction of sp³-hybridized carbons (Fsp3) is 0.529. The van der Waals surface area contributed by atoms with Gasteiger partial charge in [-0.05, 0) is 49.8 Å². The molecular formula is C17H24N2. The fourth-order valence-electron chi connectivity index (χ4n) is 3.14. The van der Waals surface area contributed by atoms with Gasteiger partial charge in [-0.25, -0.2) is 0 Å². The van der Waals surface area contributed by atoms with Crippen LogP contribution in [0.3, 0.4) is 0 Å². The second-order valence-electron chi connectivity index (χ2n) is 6.09. The first-order valence-corrected chi connectivity index (χ1v) is 7.42. The predicted molar refractivity (Wildman–Crippen MR) is 81.3 cm³/mol. The van der Waals surface area contributed by atoms with Gasteiger partial charge in [0.1, 0.15) is 0 Å². The molecule has 0 aliphatic heterocycles. The van der Waals surface area contributed by atoms with Gasteiger partial charge in [0, 0.05) is 30.2 Å². The number of fused-ring (bicyclic) bond motifs is 1. The molecule has 1 N–H and O–H groups in total. The van der Waals surface area contributed by atoms with Crippen molar-refractivity contribution in [2.24, 2.45) is 18.9 Å². The van der Waals surface area contributed by atoms with Gasteiger partial charge in [0.05, 0.1) is 0 Å². The van der Waals surface area contributed by atoms with Crippen molar-refractivity contribution in [3.05, 3.63) is 35.5 Å². The van der Waals surface area contributed by atoms with Gasteiger partial charge in [-0.3, -0.25) is 0 Å². The third-order valence-corrected chi connectivity index (χ3v) is 4.69. The normalized spacial score (nSPS) is 17.0. The monoisotopic (exact) mass is 256 g/mol. The zero-order valence-electron chi connectivity index (χ0n) is 12.2. The van der Waals surface area contributed by atoms with Crippen LogP contribution in [0.2, 0.25) is 0 Å². The number of rotatable bonds is 5. The Kier molecular flexibility index (Phi) is 3.36. The van der Waals surface area contributed by atoms with Gasteiger partial charge in [0.25, 0.3) is 0 Å². The minimum absolute atomic E-state index is 0.829. The van der Waals surface area contributed by atoms with Crippen molar-refractivity contribution < 1.29 is 0 Å². The number of nitrogens with zero attached hydrogens (tertiary/aromatic N) is 1. The molecule has 0 saturated heterocycles. The number of benzene rings is 1. The van der Waals surface area contributed by atoms with Crippen molar-refractivity contribution >= 4 is 10.9 Å². The zero-order valence-corrected chi connectivity index (χ0v) is 12.2. The SMILES string of the molecule is Cc1c(CNCC(C)C2CC2)n(C)c2ccccc12. The highest BCUT2D eigenvalue weighted by Gasteiger charge is 2.27. The molecule has 19 heavy (non-hydrogen) atoms. The van der Waals surface area contributed by atoms with Crippen LogP contribution in [0.15, 0.2) is 24.3 Å². The maximum Gasteiger partial charge on any atom is 0.0483 e. The molecule has 0 radical (unpaired) electrons. The Labute approximate surface area is 115 Å². The van der Waals surface area contributed by atoms with Gasteiger partial charge in [-0.1, -0.05) is 25.1 Å². The highest BCUT2D eigenvalue weighted by molar-refractivity contribution is 5.85. The minimum atomic E-state index is 0.829. The van der Waals surface area contributed by atoms with Crippen LogP contribution in [0.1, 0.15) is 31.0 Å². The molecule has 0 spiro atoms. The van der Waals surface area contributed by atoms with Gasteiger partial charge in [-0.2, -0.15) is 0 Å². The lowest BCUT2D eigenvalue weighted by molar-refractivity contribution is 0.457. The molecule has 0 amide bonds. The van der Waals surface area contributed by atoms with E-state index in [4.69, 9.17) is 0 Å². The Hall–Kier alpha value is -1.28. The molecule has 3 rings (SSSR count). The van der Waals surface area contributed by atoms with E-state index in [0.717, 1.165) is 24.9 Å². The van der Waals surface area contributed by atoms with E-state index in [-0.39, 0.29) is 0 Å². The summed E-state index contributed by atoms with van der Waals surface area (Å²) in [5.74, 6) is 1.82. The summed E-state index contributed by atoms with van der Waals surface area (Å²) >= 11 is 0. The van der Waals surface area contributed by atoms with Crippen LogP contribution in [0.25, 0.3) is 10.9 Å². The van der Waals surface area contributed by atoms with Crippen LogP contribution in [0, 0.1) is 18.8 Å². The summed E-state index contributed by atoms with van der Waals surface area (Å²) < 4.78 is 2.33. The molecule has 0 bridgehead atoms. The summed E-state index contributed by atoms with van der Waals surface area (Å²) in [6.45, 7) is 6.74. The molecule has 1 heterocycles.